The molecule has 0 bridgehead atoms. The fourth-order valence-electron chi connectivity index (χ4n) is 3.97. The van der Waals surface area contributed by atoms with E-state index in [0.29, 0.717) is 0 Å². The predicted octanol–water partition coefficient (Wildman–Crippen LogP) is 2.33. The van der Waals surface area contributed by atoms with Gasteiger partial charge in [-0.3, -0.25) is 4.99 Å². The van der Waals surface area contributed by atoms with Gasteiger partial charge in [0.1, 0.15) is 5.75 Å². The van der Waals surface area contributed by atoms with Crippen LogP contribution in [-0.4, -0.2) is 87.7 Å². The molecular weight excluding hydrogens is 460 g/mol. The Morgan fingerprint density at radius 1 is 0.914 bits per heavy atom. The van der Waals surface area contributed by atoms with Gasteiger partial charge in [-0.05, 0) is 67.3 Å². The maximum absolute atomic E-state index is 9.10. The van der Waals surface area contributed by atoms with Crippen molar-refractivity contribution in [2.45, 2.75) is 39.5 Å². The number of benzene rings is 1. The van der Waals surface area contributed by atoms with Crippen LogP contribution in [0.25, 0.3) is 0 Å². The van der Waals surface area contributed by atoms with Crippen LogP contribution in [-0.2, 0) is 19.2 Å². The van der Waals surface area contributed by atoms with Crippen molar-refractivity contribution in [1.82, 2.24) is 4.90 Å². The molecule has 194 valence electrons. The first kappa shape index (κ1) is 29.6. The number of carboxylic acids is 4. The van der Waals surface area contributed by atoms with E-state index in [-0.39, 0.29) is 0 Å². The number of hydrogen-bond donors (Lipinski definition) is 4. The normalized spacial score (nSPS) is 19.2. The van der Waals surface area contributed by atoms with Crippen LogP contribution in [0.5, 0.6) is 5.75 Å². The first-order valence-corrected chi connectivity index (χ1v) is 11.4. The molecule has 0 unspecified atom stereocenters. The van der Waals surface area contributed by atoms with Gasteiger partial charge in [0.25, 0.3) is 0 Å². The summed E-state index contributed by atoms with van der Waals surface area (Å²) < 4.78 is 5.90. The number of likely N-dealkylation sites (tertiary alicyclic amines) is 1. The first-order chi connectivity index (χ1) is 16.5. The fourth-order valence-corrected chi connectivity index (χ4v) is 3.97. The third kappa shape index (κ3) is 12.5. The molecule has 1 fully saturated rings. The number of aliphatic carboxylic acids is 4. The number of hydrogen-bond acceptors (Lipinski definition) is 7. The number of ether oxygens (including phenoxy) is 1. The van der Waals surface area contributed by atoms with Gasteiger partial charge in [-0.2, -0.15) is 0 Å². The number of carboxylic acid groups (broad SMARTS) is 4. The van der Waals surface area contributed by atoms with Gasteiger partial charge in [-0.25, -0.2) is 19.2 Å². The minimum atomic E-state index is -1.82. The van der Waals surface area contributed by atoms with Crippen LogP contribution in [0.4, 0.5) is 0 Å². The zero-order valence-corrected chi connectivity index (χ0v) is 20.1. The molecule has 11 heteroatoms. The Labute approximate surface area is 204 Å². The quantitative estimate of drug-likeness (QED) is 0.339. The Morgan fingerprint density at radius 2 is 1.43 bits per heavy atom. The maximum atomic E-state index is 9.10. The zero-order valence-electron chi connectivity index (χ0n) is 20.1. The Morgan fingerprint density at radius 3 is 1.86 bits per heavy atom. The lowest BCUT2D eigenvalue weighted by atomic mass is 9.92. The van der Waals surface area contributed by atoms with Crippen LogP contribution in [0, 0.1) is 11.8 Å². The lowest BCUT2D eigenvalue weighted by Crippen LogP contribution is -2.39. The molecule has 0 aliphatic carbocycles. The molecule has 3 rings (SSSR count). The third-order valence-electron chi connectivity index (χ3n) is 5.26. The number of rotatable bonds is 6. The highest BCUT2D eigenvalue weighted by Crippen LogP contribution is 2.21. The van der Waals surface area contributed by atoms with Gasteiger partial charge in [-0.1, -0.05) is 13.8 Å². The molecule has 2 atom stereocenters. The molecule has 0 spiro atoms. The number of nitrogens with zero attached hydrogens (tertiary/aromatic N) is 2. The van der Waals surface area contributed by atoms with E-state index in [4.69, 9.17) is 44.3 Å². The second-order valence-electron chi connectivity index (χ2n) is 8.58. The summed E-state index contributed by atoms with van der Waals surface area (Å²) in [6.07, 6.45) is 4.80. The highest BCUT2D eigenvalue weighted by molar-refractivity contribution is 6.27. The largest absolute Gasteiger partial charge is 0.494 e. The summed E-state index contributed by atoms with van der Waals surface area (Å²) in [7, 11) is 0. The van der Waals surface area contributed by atoms with Gasteiger partial charge in [0.2, 0.25) is 0 Å². The minimum Gasteiger partial charge on any atom is -0.494 e. The average Bonchev–Trinajstić information content (AvgIpc) is 3.32. The second kappa shape index (κ2) is 15.4. The van der Waals surface area contributed by atoms with Crippen molar-refractivity contribution in [2.24, 2.45) is 16.8 Å². The van der Waals surface area contributed by atoms with Crippen LogP contribution in [0.1, 0.15) is 45.1 Å². The second-order valence-corrected chi connectivity index (χ2v) is 8.58. The number of carbonyl (C=O) groups is 4. The van der Waals surface area contributed by atoms with E-state index in [9.17, 15) is 0 Å². The molecule has 1 saturated heterocycles. The number of aliphatic imine (C=N–C) groups is 1. The minimum absolute atomic E-state index is 0.805. The Kier molecular flexibility index (Phi) is 13.0. The average molecular weight is 495 g/mol. The zero-order chi connectivity index (χ0) is 26.4. The van der Waals surface area contributed by atoms with E-state index in [1.807, 2.05) is 0 Å². The summed E-state index contributed by atoms with van der Waals surface area (Å²) >= 11 is 0. The van der Waals surface area contributed by atoms with Crippen molar-refractivity contribution in [3.05, 3.63) is 29.8 Å². The summed E-state index contributed by atoms with van der Waals surface area (Å²) in [4.78, 5) is 43.5. The summed E-state index contributed by atoms with van der Waals surface area (Å²) in [6.45, 7) is 10.2. The van der Waals surface area contributed by atoms with E-state index >= 15 is 0 Å². The van der Waals surface area contributed by atoms with E-state index in [0.717, 1.165) is 50.1 Å². The van der Waals surface area contributed by atoms with E-state index in [2.05, 4.69) is 48.0 Å². The van der Waals surface area contributed by atoms with E-state index < -0.39 is 23.9 Å². The van der Waals surface area contributed by atoms with Crippen molar-refractivity contribution in [3.63, 3.8) is 0 Å². The Balaban J connectivity index is 0.000000425. The smallest absolute Gasteiger partial charge is 0.414 e. The first-order valence-electron chi connectivity index (χ1n) is 11.4. The van der Waals surface area contributed by atoms with Gasteiger partial charge in [0.15, 0.2) is 0 Å². The van der Waals surface area contributed by atoms with Crippen LogP contribution in [0.2, 0.25) is 0 Å². The van der Waals surface area contributed by atoms with Crippen molar-refractivity contribution in [3.8, 4) is 5.75 Å². The summed E-state index contributed by atoms with van der Waals surface area (Å²) in [5.41, 5.74) is 2.51. The summed E-state index contributed by atoms with van der Waals surface area (Å²) in [6, 6.07) is 8.46. The molecule has 2 aliphatic heterocycles. The SMILES string of the molecule is C[C@@H]1C[C@@H](C)CN(CCCOc2ccc(C3=NCCC3)cc2)C1.O=C(O)C(=O)O.O=C(O)C(=O)O. The molecule has 2 aliphatic rings. The highest BCUT2D eigenvalue weighted by Gasteiger charge is 2.21. The molecule has 0 amide bonds. The van der Waals surface area contributed by atoms with Crippen molar-refractivity contribution in [1.29, 1.82) is 0 Å². The molecule has 0 radical (unpaired) electrons. The lowest BCUT2D eigenvalue weighted by Gasteiger charge is -2.34. The van der Waals surface area contributed by atoms with Gasteiger partial charge in [0, 0.05) is 31.9 Å². The van der Waals surface area contributed by atoms with Gasteiger partial charge in [0.05, 0.1) is 6.61 Å². The third-order valence-corrected chi connectivity index (χ3v) is 5.26. The molecule has 35 heavy (non-hydrogen) atoms. The standard InChI is InChI=1S/C20H30N2O.2C2H2O4/c1-16-13-17(2)15-22(14-16)11-4-12-23-19-8-6-18(7-9-19)20-5-3-10-21-20;2*3-1(4)2(5)6/h6-9,16-17H,3-5,10-15H2,1-2H3;2*(H,3,4)(H,5,6)/t16-,17-;;/m1../s1. The monoisotopic (exact) mass is 494 g/mol. The predicted molar refractivity (Wildman–Crippen MR) is 127 cm³/mol. The van der Waals surface area contributed by atoms with Crippen molar-refractivity contribution in [2.75, 3.05) is 32.8 Å². The van der Waals surface area contributed by atoms with Crippen LogP contribution >= 0.6 is 0 Å². The van der Waals surface area contributed by atoms with E-state index in [1.54, 1.807) is 0 Å². The van der Waals surface area contributed by atoms with Crippen molar-refractivity contribution < 1.29 is 44.3 Å². The molecule has 2 heterocycles. The van der Waals surface area contributed by atoms with Crippen LogP contribution in [0.3, 0.4) is 0 Å². The van der Waals surface area contributed by atoms with Crippen molar-refractivity contribution >= 4 is 29.6 Å². The molecule has 0 saturated carbocycles. The molecular formula is C24H34N2O9. The Hall–Kier alpha value is -3.47. The highest BCUT2D eigenvalue weighted by atomic mass is 16.5. The molecule has 1 aromatic rings. The fraction of sp³-hybridized carbons (Fsp3) is 0.542. The van der Waals surface area contributed by atoms with Gasteiger partial charge < -0.3 is 30.1 Å². The van der Waals surface area contributed by atoms with Gasteiger partial charge >= 0.3 is 23.9 Å². The molecule has 0 aromatic heterocycles. The van der Waals surface area contributed by atoms with Crippen LogP contribution in [0.15, 0.2) is 29.3 Å². The topological polar surface area (TPSA) is 174 Å². The van der Waals surface area contributed by atoms with E-state index in [1.165, 1.54) is 37.2 Å². The summed E-state index contributed by atoms with van der Waals surface area (Å²) in [5.74, 6) is -4.64. The van der Waals surface area contributed by atoms with Crippen LogP contribution < -0.4 is 4.74 Å². The molecule has 4 N–H and O–H groups in total. The molecule has 1 aromatic carbocycles. The Bertz CT molecular complexity index is 825. The molecule has 11 nitrogen and oxygen atoms in total. The number of piperidine rings is 1. The summed E-state index contributed by atoms with van der Waals surface area (Å²) in [5, 5.41) is 29.6. The maximum Gasteiger partial charge on any atom is 0.414 e. The lowest BCUT2D eigenvalue weighted by molar-refractivity contribution is -0.159. The van der Waals surface area contributed by atoms with Gasteiger partial charge in [-0.15, -0.1) is 0 Å².